The predicted octanol–water partition coefficient (Wildman–Crippen LogP) is 2.96. The van der Waals surface area contributed by atoms with Crippen molar-refractivity contribution in [3.8, 4) is 0 Å². The highest BCUT2D eigenvalue weighted by atomic mass is 32.2. The molecule has 0 bridgehead atoms. The van der Waals surface area contributed by atoms with E-state index in [4.69, 9.17) is 10.5 Å². The molecule has 0 aliphatic carbocycles. The van der Waals surface area contributed by atoms with Crippen molar-refractivity contribution in [2.24, 2.45) is 5.73 Å². The Bertz CT molecular complexity index is 585. The molecule has 1 atom stereocenters. The fourth-order valence-electron chi connectivity index (χ4n) is 1.95. The molecular formula is C16H19NO2S. The van der Waals surface area contributed by atoms with Crippen LogP contribution in [0.3, 0.4) is 0 Å². The van der Waals surface area contributed by atoms with Gasteiger partial charge in [-0.1, -0.05) is 42.5 Å². The lowest BCUT2D eigenvalue weighted by Gasteiger charge is -2.10. The van der Waals surface area contributed by atoms with Crippen LogP contribution in [0, 0.1) is 0 Å². The summed E-state index contributed by atoms with van der Waals surface area (Å²) in [5.41, 5.74) is 7.00. The number of ether oxygens (including phenoxy) is 1. The van der Waals surface area contributed by atoms with Crippen LogP contribution >= 0.6 is 11.8 Å². The van der Waals surface area contributed by atoms with E-state index in [1.165, 1.54) is 16.3 Å². The topological polar surface area (TPSA) is 52.3 Å². The molecule has 20 heavy (non-hydrogen) atoms. The zero-order valence-corrected chi connectivity index (χ0v) is 12.4. The van der Waals surface area contributed by atoms with Gasteiger partial charge in [0.15, 0.2) is 0 Å². The molecule has 2 aromatic rings. The van der Waals surface area contributed by atoms with E-state index in [1.807, 2.05) is 12.1 Å². The average Bonchev–Trinajstić information content (AvgIpc) is 2.47. The molecule has 0 aliphatic rings. The lowest BCUT2D eigenvalue weighted by atomic mass is 10.1. The van der Waals surface area contributed by atoms with E-state index >= 15 is 0 Å². The number of hydrogen-bond acceptors (Lipinski definition) is 4. The molecule has 4 heteroatoms. The highest BCUT2D eigenvalue weighted by Gasteiger charge is 2.14. The Kier molecular flexibility index (Phi) is 5.44. The maximum absolute atomic E-state index is 11.4. The predicted molar refractivity (Wildman–Crippen MR) is 84.7 cm³/mol. The van der Waals surface area contributed by atoms with Gasteiger partial charge in [-0.2, -0.15) is 11.8 Å². The molecule has 2 rings (SSSR count). The van der Waals surface area contributed by atoms with E-state index in [1.54, 1.807) is 18.7 Å². The van der Waals surface area contributed by atoms with Gasteiger partial charge in [-0.25, -0.2) is 0 Å². The highest BCUT2D eigenvalue weighted by Crippen LogP contribution is 2.19. The SMILES string of the molecule is CCOC(=O)[C@@H](N)CSCc1ccc2ccccc2c1. The lowest BCUT2D eigenvalue weighted by Crippen LogP contribution is -2.34. The van der Waals surface area contributed by atoms with E-state index < -0.39 is 6.04 Å². The van der Waals surface area contributed by atoms with Crippen LogP contribution in [0.4, 0.5) is 0 Å². The summed E-state index contributed by atoms with van der Waals surface area (Å²) in [6, 6.07) is 14.2. The standard InChI is InChI=1S/C16H19NO2S/c1-2-19-16(18)15(17)11-20-10-12-7-8-13-5-3-4-6-14(13)9-12/h3-9,15H,2,10-11,17H2,1H3/t15-/m0/s1. The van der Waals surface area contributed by atoms with Crippen LogP contribution in [0.2, 0.25) is 0 Å². The maximum Gasteiger partial charge on any atom is 0.323 e. The number of carbonyl (C=O) groups excluding carboxylic acids is 1. The quantitative estimate of drug-likeness (QED) is 0.831. The molecule has 0 saturated heterocycles. The summed E-state index contributed by atoms with van der Waals surface area (Å²) in [5, 5.41) is 2.48. The van der Waals surface area contributed by atoms with E-state index in [0.717, 1.165) is 5.75 Å². The molecule has 0 heterocycles. The normalized spacial score (nSPS) is 12.3. The summed E-state index contributed by atoms with van der Waals surface area (Å²) in [6.07, 6.45) is 0. The van der Waals surface area contributed by atoms with Crippen LogP contribution in [0.15, 0.2) is 42.5 Å². The Labute approximate surface area is 123 Å². The third kappa shape index (κ3) is 3.99. The van der Waals surface area contributed by atoms with Crippen molar-refractivity contribution in [3.05, 3.63) is 48.0 Å². The van der Waals surface area contributed by atoms with Gasteiger partial charge >= 0.3 is 5.97 Å². The number of nitrogens with two attached hydrogens (primary N) is 1. The van der Waals surface area contributed by atoms with Crippen LogP contribution in [-0.4, -0.2) is 24.4 Å². The summed E-state index contributed by atoms with van der Waals surface area (Å²) in [6.45, 7) is 2.16. The van der Waals surface area contributed by atoms with Gasteiger partial charge in [-0.05, 0) is 23.3 Å². The van der Waals surface area contributed by atoms with E-state index in [0.29, 0.717) is 12.4 Å². The monoisotopic (exact) mass is 289 g/mol. The smallest absolute Gasteiger partial charge is 0.323 e. The van der Waals surface area contributed by atoms with Gasteiger partial charge in [0.2, 0.25) is 0 Å². The molecule has 0 radical (unpaired) electrons. The van der Waals surface area contributed by atoms with Crippen LogP contribution in [-0.2, 0) is 15.3 Å². The second kappa shape index (κ2) is 7.31. The lowest BCUT2D eigenvalue weighted by molar-refractivity contribution is -0.144. The maximum atomic E-state index is 11.4. The second-order valence-corrected chi connectivity index (χ2v) is 5.59. The van der Waals surface area contributed by atoms with E-state index in [2.05, 4.69) is 30.3 Å². The number of benzene rings is 2. The van der Waals surface area contributed by atoms with Gasteiger partial charge in [0.1, 0.15) is 6.04 Å². The number of thioether (sulfide) groups is 1. The van der Waals surface area contributed by atoms with Crippen molar-refractivity contribution < 1.29 is 9.53 Å². The first-order valence-corrected chi connectivity index (χ1v) is 7.84. The molecule has 0 unspecified atom stereocenters. The van der Waals surface area contributed by atoms with Gasteiger partial charge in [0, 0.05) is 11.5 Å². The molecule has 0 amide bonds. The van der Waals surface area contributed by atoms with E-state index in [-0.39, 0.29) is 5.97 Å². The minimum absolute atomic E-state index is 0.321. The molecular weight excluding hydrogens is 270 g/mol. The first kappa shape index (κ1) is 14.9. The summed E-state index contributed by atoms with van der Waals surface area (Å²) >= 11 is 1.65. The summed E-state index contributed by atoms with van der Waals surface area (Å²) in [4.78, 5) is 11.4. The Morgan fingerprint density at radius 3 is 2.75 bits per heavy atom. The number of hydrogen-bond donors (Lipinski definition) is 1. The van der Waals surface area contributed by atoms with Crippen molar-refractivity contribution >= 4 is 28.5 Å². The largest absolute Gasteiger partial charge is 0.465 e. The number of rotatable bonds is 6. The zero-order chi connectivity index (χ0) is 14.4. The minimum Gasteiger partial charge on any atom is -0.465 e. The Balaban J connectivity index is 1.88. The second-order valence-electron chi connectivity index (χ2n) is 4.56. The van der Waals surface area contributed by atoms with Gasteiger partial charge in [-0.15, -0.1) is 0 Å². The average molecular weight is 289 g/mol. The molecule has 3 nitrogen and oxygen atoms in total. The van der Waals surface area contributed by atoms with Gasteiger partial charge in [0.05, 0.1) is 6.61 Å². The van der Waals surface area contributed by atoms with Gasteiger partial charge < -0.3 is 10.5 Å². The zero-order valence-electron chi connectivity index (χ0n) is 11.5. The Morgan fingerprint density at radius 1 is 1.25 bits per heavy atom. The fraction of sp³-hybridized carbons (Fsp3) is 0.312. The number of esters is 1. The van der Waals surface area contributed by atoms with Crippen molar-refractivity contribution in [3.63, 3.8) is 0 Å². The van der Waals surface area contributed by atoms with Crippen LogP contribution in [0.25, 0.3) is 10.8 Å². The van der Waals surface area contributed by atoms with Crippen molar-refractivity contribution in [2.45, 2.75) is 18.7 Å². The molecule has 0 saturated carbocycles. The first-order valence-electron chi connectivity index (χ1n) is 6.68. The summed E-state index contributed by atoms with van der Waals surface area (Å²) in [7, 11) is 0. The van der Waals surface area contributed by atoms with Crippen LogP contribution < -0.4 is 5.73 Å². The van der Waals surface area contributed by atoms with Crippen LogP contribution in [0.1, 0.15) is 12.5 Å². The van der Waals surface area contributed by atoms with Crippen molar-refractivity contribution in [2.75, 3.05) is 12.4 Å². The highest BCUT2D eigenvalue weighted by molar-refractivity contribution is 7.98. The Hall–Kier alpha value is -1.52. The van der Waals surface area contributed by atoms with Gasteiger partial charge in [0.25, 0.3) is 0 Å². The van der Waals surface area contributed by atoms with Crippen molar-refractivity contribution in [1.29, 1.82) is 0 Å². The summed E-state index contributed by atoms with van der Waals surface area (Å²) < 4.78 is 4.89. The van der Waals surface area contributed by atoms with E-state index in [9.17, 15) is 4.79 Å². The molecule has 0 aliphatic heterocycles. The summed E-state index contributed by atoms with van der Waals surface area (Å²) in [5.74, 6) is 1.10. The molecule has 0 fully saturated rings. The molecule has 106 valence electrons. The Morgan fingerprint density at radius 2 is 2.00 bits per heavy atom. The van der Waals surface area contributed by atoms with Crippen LogP contribution in [0.5, 0.6) is 0 Å². The molecule has 0 aromatic heterocycles. The van der Waals surface area contributed by atoms with Crippen molar-refractivity contribution in [1.82, 2.24) is 0 Å². The first-order chi connectivity index (χ1) is 9.70. The molecule has 2 N–H and O–H groups in total. The minimum atomic E-state index is -0.541. The molecule has 2 aromatic carbocycles. The third-order valence-corrected chi connectivity index (χ3v) is 4.10. The number of fused-ring (bicyclic) bond motifs is 1. The van der Waals surface area contributed by atoms with Gasteiger partial charge in [-0.3, -0.25) is 4.79 Å². The third-order valence-electron chi connectivity index (χ3n) is 2.97. The fourth-order valence-corrected chi connectivity index (χ4v) is 2.87. The molecule has 0 spiro atoms. The number of carbonyl (C=O) groups is 1.